The first-order valence-electron chi connectivity index (χ1n) is 4.70. The van der Waals surface area contributed by atoms with E-state index in [2.05, 4.69) is 11.9 Å². The summed E-state index contributed by atoms with van der Waals surface area (Å²) >= 11 is 0. The third-order valence-electron chi connectivity index (χ3n) is 2.03. The number of halogens is 3. The zero-order valence-corrected chi connectivity index (χ0v) is 9.27. The SMILES string of the molecule is C=C/C(NC=O)=C(\C)N(CC)CC(F)(F)F. The monoisotopic (exact) mass is 236 g/mol. The van der Waals surface area contributed by atoms with Crippen LogP contribution in [0.15, 0.2) is 24.0 Å². The Morgan fingerprint density at radius 2 is 2.06 bits per heavy atom. The Kier molecular flexibility index (Phi) is 5.63. The van der Waals surface area contributed by atoms with Gasteiger partial charge in [-0.2, -0.15) is 13.2 Å². The number of hydrogen-bond donors (Lipinski definition) is 1. The molecule has 0 unspecified atom stereocenters. The van der Waals surface area contributed by atoms with Gasteiger partial charge in [-0.3, -0.25) is 4.79 Å². The second kappa shape index (κ2) is 6.19. The van der Waals surface area contributed by atoms with Crippen LogP contribution in [0, 0.1) is 0 Å². The third kappa shape index (κ3) is 4.86. The molecule has 0 aliphatic rings. The van der Waals surface area contributed by atoms with Crippen molar-refractivity contribution in [2.45, 2.75) is 20.0 Å². The molecule has 0 spiro atoms. The number of amides is 1. The highest BCUT2D eigenvalue weighted by atomic mass is 19.4. The van der Waals surface area contributed by atoms with Crippen molar-refractivity contribution in [1.82, 2.24) is 10.2 Å². The molecule has 0 aromatic heterocycles. The maximum absolute atomic E-state index is 12.2. The quantitative estimate of drug-likeness (QED) is 0.565. The lowest BCUT2D eigenvalue weighted by molar-refractivity contribution is -0.141. The van der Waals surface area contributed by atoms with Crippen LogP contribution in [-0.2, 0) is 4.79 Å². The molecule has 0 atom stereocenters. The molecular formula is C10H15F3N2O. The van der Waals surface area contributed by atoms with E-state index in [4.69, 9.17) is 0 Å². The van der Waals surface area contributed by atoms with Gasteiger partial charge in [0.05, 0.1) is 5.70 Å². The van der Waals surface area contributed by atoms with Gasteiger partial charge in [-0.1, -0.05) is 6.58 Å². The van der Waals surface area contributed by atoms with E-state index in [9.17, 15) is 18.0 Å². The first kappa shape index (κ1) is 14.5. The second-order valence-electron chi connectivity index (χ2n) is 3.09. The van der Waals surface area contributed by atoms with E-state index in [1.807, 2.05) is 0 Å². The highest BCUT2D eigenvalue weighted by molar-refractivity contribution is 5.52. The van der Waals surface area contributed by atoms with Gasteiger partial charge < -0.3 is 10.2 Å². The first-order valence-corrected chi connectivity index (χ1v) is 4.70. The summed E-state index contributed by atoms with van der Waals surface area (Å²) in [6.07, 6.45) is -2.56. The minimum Gasteiger partial charge on any atom is -0.365 e. The van der Waals surface area contributed by atoms with Crippen molar-refractivity contribution in [3.63, 3.8) is 0 Å². The molecule has 1 N–H and O–H groups in total. The molecule has 0 fully saturated rings. The number of carbonyl (C=O) groups is 1. The Hall–Kier alpha value is -1.46. The minimum atomic E-state index is -4.27. The van der Waals surface area contributed by atoms with Crippen molar-refractivity contribution in [2.24, 2.45) is 0 Å². The Bertz CT molecular complexity index is 284. The standard InChI is InChI=1S/C10H15F3N2O/c1-4-9(14-7-16)8(3)15(5-2)6-10(11,12)13/h4,7H,1,5-6H2,2-3H3,(H,14,16)/b9-8-. The van der Waals surface area contributed by atoms with Crippen LogP contribution in [0.4, 0.5) is 13.2 Å². The molecule has 0 bridgehead atoms. The lowest BCUT2D eigenvalue weighted by atomic mass is 10.3. The fourth-order valence-corrected chi connectivity index (χ4v) is 1.23. The smallest absolute Gasteiger partial charge is 0.365 e. The van der Waals surface area contributed by atoms with Gasteiger partial charge in [0.2, 0.25) is 6.41 Å². The van der Waals surface area contributed by atoms with Crippen LogP contribution in [-0.4, -0.2) is 30.6 Å². The summed E-state index contributed by atoms with van der Waals surface area (Å²) in [6.45, 7) is 5.69. The van der Waals surface area contributed by atoms with Gasteiger partial charge in [-0.05, 0) is 19.9 Å². The van der Waals surface area contributed by atoms with E-state index >= 15 is 0 Å². The van der Waals surface area contributed by atoms with Gasteiger partial charge >= 0.3 is 6.18 Å². The molecule has 0 aromatic rings. The fourth-order valence-electron chi connectivity index (χ4n) is 1.23. The lowest BCUT2D eigenvalue weighted by Crippen LogP contribution is -2.34. The summed E-state index contributed by atoms with van der Waals surface area (Å²) in [7, 11) is 0. The van der Waals surface area contributed by atoms with Crippen LogP contribution in [0.3, 0.4) is 0 Å². The molecule has 0 aliphatic heterocycles. The number of rotatable bonds is 6. The third-order valence-corrected chi connectivity index (χ3v) is 2.03. The Labute approximate surface area is 92.6 Å². The van der Waals surface area contributed by atoms with Crippen molar-refractivity contribution >= 4 is 6.41 Å². The topological polar surface area (TPSA) is 32.3 Å². The second-order valence-corrected chi connectivity index (χ2v) is 3.09. The predicted molar refractivity (Wildman–Crippen MR) is 55.4 cm³/mol. The molecule has 1 amide bonds. The van der Waals surface area contributed by atoms with Crippen LogP contribution in [0.5, 0.6) is 0 Å². The molecule has 0 rings (SSSR count). The molecule has 0 saturated carbocycles. The van der Waals surface area contributed by atoms with E-state index in [0.29, 0.717) is 12.1 Å². The Morgan fingerprint density at radius 1 is 1.50 bits per heavy atom. The average Bonchev–Trinajstić information content (AvgIpc) is 2.20. The summed E-state index contributed by atoms with van der Waals surface area (Å²) in [4.78, 5) is 11.4. The van der Waals surface area contributed by atoms with E-state index in [-0.39, 0.29) is 12.2 Å². The predicted octanol–water partition coefficient (Wildman–Crippen LogP) is 2.03. The first-order chi connectivity index (χ1) is 7.35. The van der Waals surface area contributed by atoms with Crippen molar-refractivity contribution < 1.29 is 18.0 Å². The average molecular weight is 236 g/mol. The number of carbonyl (C=O) groups excluding carboxylic acids is 1. The number of alkyl halides is 3. The van der Waals surface area contributed by atoms with Crippen molar-refractivity contribution in [3.8, 4) is 0 Å². The maximum atomic E-state index is 12.2. The number of nitrogens with zero attached hydrogens (tertiary/aromatic N) is 1. The highest BCUT2D eigenvalue weighted by Crippen LogP contribution is 2.20. The largest absolute Gasteiger partial charge is 0.405 e. The van der Waals surface area contributed by atoms with E-state index in [1.54, 1.807) is 6.92 Å². The van der Waals surface area contributed by atoms with E-state index in [0.717, 1.165) is 4.90 Å². The summed E-state index contributed by atoms with van der Waals surface area (Å²) in [5, 5.41) is 2.30. The van der Waals surface area contributed by atoms with E-state index < -0.39 is 12.7 Å². The maximum Gasteiger partial charge on any atom is 0.405 e. The number of allylic oxidation sites excluding steroid dienone is 2. The van der Waals surface area contributed by atoms with Crippen LogP contribution >= 0.6 is 0 Å². The highest BCUT2D eigenvalue weighted by Gasteiger charge is 2.30. The van der Waals surface area contributed by atoms with Crippen LogP contribution in [0.1, 0.15) is 13.8 Å². The summed E-state index contributed by atoms with van der Waals surface area (Å²) in [6, 6.07) is 0. The summed E-state index contributed by atoms with van der Waals surface area (Å²) < 4.78 is 36.7. The normalized spacial score (nSPS) is 12.8. The van der Waals surface area contributed by atoms with Crippen molar-refractivity contribution in [3.05, 3.63) is 24.0 Å². The molecule has 16 heavy (non-hydrogen) atoms. The van der Waals surface area contributed by atoms with Crippen LogP contribution in [0.2, 0.25) is 0 Å². The molecule has 92 valence electrons. The molecule has 0 aromatic carbocycles. The van der Waals surface area contributed by atoms with Gasteiger partial charge in [0.15, 0.2) is 0 Å². The van der Waals surface area contributed by atoms with Crippen LogP contribution in [0.25, 0.3) is 0 Å². The Balaban J connectivity index is 4.92. The zero-order chi connectivity index (χ0) is 12.8. The van der Waals surface area contributed by atoms with E-state index in [1.165, 1.54) is 13.0 Å². The number of nitrogens with one attached hydrogen (secondary N) is 1. The molecular weight excluding hydrogens is 221 g/mol. The molecule has 6 heteroatoms. The van der Waals surface area contributed by atoms with Crippen molar-refractivity contribution in [1.29, 1.82) is 0 Å². The van der Waals surface area contributed by atoms with Gasteiger partial charge in [0, 0.05) is 12.2 Å². The molecule has 0 aliphatic carbocycles. The number of hydrogen-bond acceptors (Lipinski definition) is 2. The molecule has 0 radical (unpaired) electrons. The van der Waals surface area contributed by atoms with Gasteiger partial charge in [0.25, 0.3) is 0 Å². The van der Waals surface area contributed by atoms with Gasteiger partial charge in [-0.25, -0.2) is 0 Å². The molecule has 0 heterocycles. The molecule has 3 nitrogen and oxygen atoms in total. The fraction of sp³-hybridized carbons (Fsp3) is 0.500. The minimum absolute atomic E-state index is 0.198. The van der Waals surface area contributed by atoms with Crippen LogP contribution < -0.4 is 5.32 Å². The van der Waals surface area contributed by atoms with Gasteiger partial charge in [0.1, 0.15) is 6.54 Å². The Morgan fingerprint density at radius 3 is 2.38 bits per heavy atom. The molecule has 0 saturated heterocycles. The summed E-state index contributed by atoms with van der Waals surface area (Å²) in [5.74, 6) is 0. The van der Waals surface area contributed by atoms with Crippen molar-refractivity contribution in [2.75, 3.05) is 13.1 Å². The van der Waals surface area contributed by atoms with Gasteiger partial charge in [-0.15, -0.1) is 0 Å². The zero-order valence-electron chi connectivity index (χ0n) is 9.27. The lowest BCUT2D eigenvalue weighted by Gasteiger charge is -2.26. The summed E-state index contributed by atoms with van der Waals surface area (Å²) in [5.41, 5.74) is 0.614.